The molecule has 1 heterocycles. The lowest BCUT2D eigenvalue weighted by Gasteiger charge is -2.25. The lowest BCUT2D eigenvalue weighted by atomic mass is 10.1. The zero-order chi connectivity index (χ0) is 19.6. The first-order valence-corrected chi connectivity index (χ1v) is 9.43. The number of hydrogen-bond acceptors (Lipinski definition) is 8. The average Bonchev–Trinajstić information content (AvgIpc) is 2.59. The highest BCUT2D eigenvalue weighted by atomic mass is 32.2. The second-order valence-corrected chi connectivity index (χ2v) is 7.53. The Kier molecular flexibility index (Phi) is 5.55. The van der Waals surface area contributed by atoms with Crippen molar-refractivity contribution in [2.24, 2.45) is 0 Å². The molecular formula is C16H21N3O6S. The molecule has 0 aliphatic rings. The summed E-state index contributed by atoms with van der Waals surface area (Å²) in [4.78, 5) is 20.5. The van der Waals surface area contributed by atoms with Crippen molar-refractivity contribution in [3.05, 3.63) is 17.2 Å². The maximum Gasteiger partial charge on any atom is 0.326 e. The van der Waals surface area contributed by atoms with Crippen molar-refractivity contribution in [1.82, 2.24) is 9.97 Å². The molecule has 0 saturated heterocycles. The molecule has 142 valence electrons. The molecule has 1 aromatic carbocycles. The molecule has 0 N–H and O–H groups in total. The van der Waals surface area contributed by atoms with Gasteiger partial charge in [0.15, 0.2) is 0 Å². The molecule has 10 heteroatoms. The predicted octanol–water partition coefficient (Wildman–Crippen LogP) is 1.20. The van der Waals surface area contributed by atoms with Crippen LogP contribution in [-0.4, -0.2) is 58.5 Å². The lowest BCUT2D eigenvalue weighted by molar-refractivity contribution is -0.138. The molecule has 0 aliphatic heterocycles. The Morgan fingerprint density at radius 1 is 1.12 bits per heavy atom. The van der Waals surface area contributed by atoms with Gasteiger partial charge in [-0.3, -0.25) is 9.10 Å². The summed E-state index contributed by atoms with van der Waals surface area (Å²) in [5.41, 5.74) is 2.38. The van der Waals surface area contributed by atoms with Crippen LogP contribution in [0.15, 0.2) is 6.07 Å². The molecule has 2 aromatic rings. The number of carbonyl (C=O) groups is 1. The quantitative estimate of drug-likeness (QED) is 0.685. The first-order chi connectivity index (χ1) is 12.1. The summed E-state index contributed by atoms with van der Waals surface area (Å²) in [7, 11) is 0.231. The summed E-state index contributed by atoms with van der Waals surface area (Å²) < 4.78 is 40.7. The van der Waals surface area contributed by atoms with E-state index in [2.05, 4.69) is 14.7 Å². The largest absolute Gasteiger partial charge is 0.477 e. The van der Waals surface area contributed by atoms with Gasteiger partial charge >= 0.3 is 5.97 Å². The topological polar surface area (TPSA) is 108 Å². The van der Waals surface area contributed by atoms with E-state index >= 15 is 0 Å². The van der Waals surface area contributed by atoms with Crippen molar-refractivity contribution in [1.29, 1.82) is 0 Å². The number of hydrogen-bond donors (Lipinski definition) is 0. The van der Waals surface area contributed by atoms with Crippen LogP contribution in [0.5, 0.6) is 11.8 Å². The van der Waals surface area contributed by atoms with Crippen molar-refractivity contribution in [3.63, 3.8) is 0 Å². The summed E-state index contributed by atoms with van der Waals surface area (Å²) >= 11 is 0. The standard InChI is InChI=1S/C16H21N3O6S/c1-9-7-11-13(18-16(25-5)15(17-11)24-4)14(10(9)2)19(26(6,21)22)8-12(20)23-3/h7H,8H2,1-6H3. The zero-order valence-corrected chi connectivity index (χ0v) is 16.3. The van der Waals surface area contributed by atoms with Crippen LogP contribution in [-0.2, 0) is 19.6 Å². The minimum absolute atomic E-state index is 0.107. The molecule has 0 unspecified atom stereocenters. The van der Waals surface area contributed by atoms with Gasteiger partial charge in [-0.15, -0.1) is 0 Å². The van der Waals surface area contributed by atoms with Crippen molar-refractivity contribution in [2.75, 3.05) is 38.4 Å². The molecule has 0 fully saturated rings. The predicted molar refractivity (Wildman–Crippen MR) is 96.3 cm³/mol. The van der Waals surface area contributed by atoms with E-state index in [1.54, 1.807) is 13.0 Å². The fourth-order valence-corrected chi connectivity index (χ4v) is 3.38. The molecule has 0 atom stereocenters. The number of ether oxygens (including phenoxy) is 3. The van der Waals surface area contributed by atoms with Crippen LogP contribution in [0.1, 0.15) is 11.1 Å². The van der Waals surface area contributed by atoms with Gasteiger partial charge in [0, 0.05) is 0 Å². The Labute approximate surface area is 151 Å². The van der Waals surface area contributed by atoms with Gasteiger partial charge < -0.3 is 14.2 Å². The summed E-state index contributed by atoms with van der Waals surface area (Å²) in [5.74, 6) is -0.415. The molecule has 0 aliphatic carbocycles. The number of carbonyl (C=O) groups excluding carboxylic acids is 1. The first kappa shape index (κ1) is 19.7. The Bertz CT molecular complexity index is 958. The number of aryl methyl sites for hydroxylation is 1. The minimum Gasteiger partial charge on any atom is -0.477 e. The number of esters is 1. The van der Waals surface area contributed by atoms with Crippen LogP contribution in [0.3, 0.4) is 0 Å². The fourth-order valence-electron chi connectivity index (χ4n) is 2.48. The van der Waals surface area contributed by atoms with Crippen LogP contribution in [0.25, 0.3) is 11.0 Å². The van der Waals surface area contributed by atoms with Crippen LogP contribution in [0.4, 0.5) is 5.69 Å². The minimum atomic E-state index is -3.80. The third-order valence-corrected chi connectivity index (χ3v) is 5.03. The Morgan fingerprint density at radius 2 is 1.69 bits per heavy atom. The number of rotatable bonds is 6. The van der Waals surface area contributed by atoms with E-state index in [-0.39, 0.29) is 23.0 Å². The van der Waals surface area contributed by atoms with Crippen molar-refractivity contribution < 1.29 is 27.4 Å². The molecule has 9 nitrogen and oxygen atoms in total. The third-order valence-electron chi connectivity index (χ3n) is 3.92. The van der Waals surface area contributed by atoms with Gasteiger partial charge in [-0.25, -0.2) is 18.4 Å². The highest BCUT2D eigenvalue weighted by Crippen LogP contribution is 2.36. The summed E-state index contributed by atoms with van der Waals surface area (Å²) in [6, 6.07) is 1.77. The van der Waals surface area contributed by atoms with Gasteiger partial charge in [0.2, 0.25) is 10.0 Å². The van der Waals surface area contributed by atoms with Gasteiger partial charge in [-0.05, 0) is 31.0 Å². The molecule has 0 radical (unpaired) electrons. The number of nitrogens with zero attached hydrogens (tertiary/aromatic N) is 3. The van der Waals surface area contributed by atoms with Crippen LogP contribution in [0, 0.1) is 13.8 Å². The van der Waals surface area contributed by atoms with E-state index in [0.717, 1.165) is 16.1 Å². The number of sulfonamides is 1. The Morgan fingerprint density at radius 3 is 2.19 bits per heavy atom. The van der Waals surface area contributed by atoms with Gasteiger partial charge in [-0.1, -0.05) is 0 Å². The number of aromatic nitrogens is 2. The van der Waals surface area contributed by atoms with E-state index < -0.39 is 22.5 Å². The van der Waals surface area contributed by atoms with Gasteiger partial charge in [-0.2, -0.15) is 0 Å². The van der Waals surface area contributed by atoms with Crippen LogP contribution >= 0.6 is 0 Å². The van der Waals surface area contributed by atoms with E-state index in [4.69, 9.17) is 9.47 Å². The Balaban J connectivity index is 2.89. The molecule has 2 rings (SSSR count). The number of fused-ring (bicyclic) bond motifs is 1. The second kappa shape index (κ2) is 7.32. The summed E-state index contributed by atoms with van der Waals surface area (Å²) in [6.07, 6.45) is 1.01. The third kappa shape index (κ3) is 3.64. The molecule has 1 aromatic heterocycles. The molecule has 0 bridgehead atoms. The number of methoxy groups -OCH3 is 3. The first-order valence-electron chi connectivity index (χ1n) is 7.58. The number of benzene rings is 1. The van der Waals surface area contributed by atoms with E-state index in [9.17, 15) is 13.2 Å². The van der Waals surface area contributed by atoms with Crippen molar-refractivity contribution in [2.45, 2.75) is 13.8 Å². The fraction of sp³-hybridized carbons (Fsp3) is 0.438. The highest BCUT2D eigenvalue weighted by molar-refractivity contribution is 7.92. The van der Waals surface area contributed by atoms with Crippen molar-refractivity contribution in [3.8, 4) is 11.8 Å². The second-order valence-electron chi connectivity index (χ2n) is 5.62. The van der Waals surface area contributed by atoms with Gasteiger partial charge in [0.05, 0.1) is 38.8 Å². The molecule has 26 heavy (non-hydrogen) atoms. The summed E-state index contributed by atoms with van der Waals surface area (Å²) in [6.45, 7) is 3.08. The smallest absolute Gasteiger partial charge is 0.326 e. The maximum absolute atomic E-state index is 12.4. The van der Waals surface area contributed by atoms with E-state index in [1.165, 1.54) is 21.3 Å². The van der Waals surface area contributed by atoms with Crippen LogP contribution < -0.4 is 13.8 Å². The molecule has 0 amide bonds. The Hall–Kier alpha value is -2.62. The summed E-state index contributed by atoms with van der Waals surface area (Å²) in [5, 5.41) is 0. The molecular weight excluding hydrogens is 362 g/mol. The van der Waals surface area contributed by atoms with Crippen molar-refractivity contribution >= 4 is 32.7 Å². The zero-order valence-electron chi connectivity index (χ0n) is 15.5. The maximum atomic E-state index is 12.4. The normalized spacial score (nSPS) is 11.3. The highest BCUT2D eigenvalue weighted by Gasteiger charge is 2.27. The monoisotopic (exact) mass is 383 g/mol. The number of anilines is 1. The van der Waals surface area contributed by atoms with Gasteiger partial charge in [0.1, 0.15) is 12.1 Å². The SMILES string of the molecule is COC(=O)CN(c1c(C)c(C)cc2nc(OC)c(OC)nc12)S(C)(=O)=O. The van der Waals surface area contributed by atoms with E-state index in [0.29, 0.717) is 11.1 Å². The average molecular weight is 383 g/mol. The molecule has 0 spiro atoms. The lowest BCUT2D eigenvalue weighted by Crippen LogP contribution is -2.36. The molecule has 0 saturated carbocycles. The van der Waals surface area contributed by atoms with E-state index in [1.807, 2.05) is 6.92 Å². The van der Waals surface area contributed by atoms with Gasteiger partial charge in [0.25, 0.3) is 11.8 Å². The van der Waals surface area contributed by atoms with Crippen LogP contribution in [0.2, 0.25) is 0 Å².